The first-order chi connectivity index (χ1) is 10.6. The van der Waals surface area contributed by atoms with Crippen LogP contribution in [-0.4, -0.2) is 34.9 Å². The van der Waals surface area contributed by atoms with Crippen molar-refractivity contribution in [2.75, 3.05) is 19.6 Å². The van der Waals surface area contributed by atoms with Crippen LogP contribution in [0.1, 0.15) is 34.6 Å². The molecule has 1 aliphatic rings. The molecular weight excluding hydrogens is 296 g/mol. The average Bonchev–Trinajstić information content (AvgIpc) is 3.07. The molecule has 4 heteroatoms. The lowest BCUT2D eigenvalue weighted by atomic mass is 10.1. The van der Waals surface area contributed by atoms with Gasteiger partial charge in [0, 0.05) is 27.7 Å². The molecule has 0 unspecified atom stereocenters. The van der Waals surface area contributed by atoms with Crippen molar-refractivity contribution in [2.45, 2.75) is 26.7 Å². The van der Waals surface area contributed by atoms with E-state index in [4.69, 9.17) is 11.6 Å². The zero-order valence-corrected chi connectivity index (χ0v) is 13.9. The first kappa shape index (κ1) is 15.3. The van der Waals surface area contributed by atoms with E-state index in [0.717, 1.165) is 35.7 Å². The Labute approximate surface area is 136 Å². The quantitative estimate of drug-likeness (QED) is 0.796. The van der Waals surface area contributed by atoms with Gasteiger partial charge in [-0.3, -0.25) is 9.69 Å². The van der Waals surface area contributed by atoms with Crippen molar-refractivity contribution in [1.82, 2.24) is 9.47 Å². The minimum atomic E-state index is 0.211. The fourth-order valence-electron chi connectivity index (χ4n) is 3.29. The van der Waals surface area contributed by atoms with Crippen LogP contribution in [0, 0.1) is 13.8 Å². The van der Waals surface area contributed by atoms with Crippen molar-refractivity contribution in [3.63, 3.8) is 0 Å². The highest BCUT2D eigenvalue weighted by atomic mass is 35.5. The van der Waals surface area contributed by atoms with E-state index in [9.17, 15) is 4.79 Å². The van der Waals surface area contributed by atoms with Crippen molar-refractivity contribution in [2.24, 2.45) is 0 Å². The van der Waals surface area contributed by atoms with Gasteiger partial charge in [0.1, 0.15) is 0 Å². The Hall–Kier alpha value is -1.58. The molecule has 116 valence electrons. The Morgan fingerprint density at radius 2 is 1.91 bits per heavy atom. The Balaban J connectivity index is 1.91. The number of halogens is 1. The Kier molecular flexibility index (Phi) is 4.37. The van der Waals surface area contributed by atoms with Gasteiger partial charge in [0.05, 0.1) is 6.54 Å². The third-order valence-corrected chi connectivity index (χ3v) is 4.60. The van der Waals surface area contributed by atoms with Gasteiger partial charge in [-0.05, 0) is 64.0 Å². The highest BCUT2D eigenvalue weighted by Crippen LogP contribution is 2.23. The van der Waals surface area contributed by atoms with Crippen LogP contribution in [0.5, 0.6) is 0 Å². The summed E-state index contributed by atoms with van der Waals surface area (Å²) in [6, 6.07) is 9.73. The molecule has 0 amide bonds. The van der Waals surface area contributed by atoms with Gasteiger partial charge in [-0.1, -0.05) is 17.7 Å². The third-order valence-electron chi connectivity index (χ3n) is 4.36. The summed E-state index contributed by atoms with van der Waals surface area (Å²) in [5, 5.41) is 0.704. The zero-order valence-electron chi connectivity index (χ0n) is 13.1. The summed E-state index contributed by atoms with van der Waals surface area (Å²) in [7, 11) is 0. The highest BCUT2D eigenvalue weighted by molar-refractivity contribution is 6.30. The first-order valence-corrected chi connectivity index (χ1v) is 8.14. The molecule has 1 saturated heterocycles. The average molecular weight is 317 g/mol. The van der Waals surface area contributed by atoms with Crippen LogP contribution in [0.15, 0.2) is 30.3 Å². The van der Waals surface area contributed by atoms with Crippen molar-refractivity contribution >= 4 is 17.4 Å². The minimum Gasteiger partial charge on any atom is -0.318 e. The van der Waals surface area contributed by atoms with E-state index < -0.39 is 0 Å². The fraction of sp³-hybridized carbons (Fsp3) is 0.389. The second-order valence-electron chi connectivity index (χ2n) is 6.01. The largest absolute Gasteiger partial charge is 0.318 e. The van der Waals surface area contributed by atoms with Crippen LogP contribution in [-0.2, 0) is 0 Å². The number of aryl methyl sites for hydroxylation is 1. The Morgan fingerprint density at radius 3 is 2.59 bits per heavy atom. The maximum atomic E-state index is 12.6. The Bertz CT molecular complexity index is 699. The van der Waals surface area contributed by atoms with E-state index in [1.165, 1.54) is 12.8 Å². The van der Waals surface area contributed by atoms with Crippen LogP contribution in [0.25, 0.3) is 5.69 Å². The number of carbonyl (C=O) groups is 1. The highest BCUT2D eigenvalue weighted by Gasteiger charge is 2.20. The van der Waals surface area contributed by atoms with Crippen molar-refractivity contribution in [1.29, 1.82) is 0 Å². The SMILES string of the molecule is Cc1cc(C(=O)CN2CCCC2)c(C)n1-c1cccc(Cl)c1. The molecule has 0 N–H and O–H groups in total. The van der Waals surface area contributed by atoms with E-state index in [0.29, 0.717) is 11.6 Å². The molecule has 22 heavy (non-hydrogen) atoms. The molecule has 1 aliphatic heterocycles. The lowest BCUT2D eigenvalue weighted by molar-refractivity contribution is 0.0944. The molecule has 0 atom stereocenters. The van der Waals surface area contributed by atoms with E-state index >= 15 is 0 Å². The van der Waals surface area contributed by atoms with Crippen LogP contribution in [0.4, 0.5) is 0 Å². The van der Waals surface area contributed by atoms with Gasteiger partial charge in [0.25, 0.3) is 0 Å². The van der Waals surface area contributed by atoms with Crippen molar-refractivity contribution < 1.29 is 4.79 Å². The maximum Gasteiger partial charge on any atom is 0.178 e. The van der Waals surface area contributed by atoms with Crippen LogP contribution < -0.4 is 0 Å². The summed E-state index contributed by atoms with van der Waals surface area (Å²) in [6.45, 7) is 6.64. The monoisotopic (exact) mass is 316 g/mol. The number of nitrogens with zero attached hydrogens (tertiary/aromatic N) is 2. The number of benzene rings is 1. The van der Waals surface area contributed by atoms with Crippen molar-refractivity contribution in [3.8, 4) is 5.69 Å². The number of aromatic nitrogens is 1. The number of Topliss-reactive ketones (excluding diaryl/α,β-unsaturated/α-hetero) is 1. The smallest absolute Gasteiger partial charge is 0.178 e. The van der Waals surface area contributed by atoms with Crippen LogP contribution in [0.2, 0.25) is 5.02 Å². The number of carbonyl (C=O) groups excluding carboxylic acids is 1. The van der Waals surface area contributed by atoms with Crippen molar-refractivity contribution in [3.05, 3.63) is 52.3 Å². The van der Waals surface area contributed by atoms with E-state index in [1.807, 2.05) is 44.2 Å². The minimum absolute atomic E-state index is 0.211. The second kappa shape index (κ2) is 6.27. The summed E-state index contributed by atoms with van der Waals surface area (Å²) < 4.78 is 2.10. The molecule has 0 spiro atoms. The predicted molar refractivity (Wildman–Crippen MR) is 90.3 cm³/mol. The first-order valence-electron chi connectivity index (χ1n) is 7.76. The van der Waals surface area contributed by atoms with Gasteiger partial charge in [-0.2, -0.15) is 0 Å². The summed E-state index contributed by atoms with van der Waals surface area (Å²) in [6.07, 6.45) is 2.41. The van der Waals surface area contributed by atoms with Gasteiger partial charge in [-0.25, -0.2) is 0 Å². The molecule has 1 fully saturated rings. The number of rotatable bonds is 4. The second-order valence-corrected chi connectivity index (χ2v) is 6.44. The number of hydrogen-bond donors (Lipinski definition) is 0. The van der Waals surface area contributed by atoms with Crippen LogP contribution in [0.3, 0.4) is 0 Å². The summed E-state index contributed by atoms with van der Waals surface area (Å²) in [5.74, 6) is 0.211. The molecule has 0 saturated carbocycles. The topological polar surface area (TPSA) is 25.2 Å². The zero-order chi connectivity index (χ0) is 15.7. The van der Waals surface area contributed by atoms with Gasteiger partial charge in [0.15, 0.2) is 5.78 Å². The third kappa shape index (κ3) is 2.96. The van der Waals surface area contributed by atoms with Crippen LogP contribution >= 0.6 is 11.6 Å². The number of ketones is 1. The van der Waals surface area contributed by atoms with E-state index in [2.05, 4.69) is 9.47 Å². The summed E-state index contributed by atoms with van der Waals surface area (Å²) >= 11 is 6.10. The standard InChI is InChI=1S/C18H21ClN2O/c1-13-10-17(18(22)12-20-8-3-4-9-20)14(2)21(13)16-7-5-6-15(19)11-16/h5-7,10-11H,3-4,8-9,12H2,1-2H3. The summed E-state index contributed by atoms with van der Waals surface area (Å²) in [4.78, 5) is 14.8. The lowest BCUT2D eigenvalue weighted by Gasteiger charge is -2.14. The van der Waals surface area contributed by atoms with Gasteiger partial charge in [-0.15, -0.1) is 0 Å². The molecule has 2 heterocycles. The molecule has 1 aromatic heterocycles. The molecule has 1 aromatic carbocycles. The normalized spacial score (nSPS) is 15.4. The molecule has 3 rings (SSSR count). The maximum absolute atomic E-state index is 12.6. The molecule has 0 bridgehead atoms. The van der Waals surface area contributed by atoms with Gasteiger partial charge < -0.3 is 4.57 Å². The molecule has 0 aliphatic carbocycles. The van der Waals surface area contributed by atoms with Gasteiger partial charge in [0.2, 0.25) is 0 Å². The molecule has 2 aromatic rings. The fourth-order valence-corrected chi connectivity index (χ4v) is 3.47. The van der Waals surface area contributed by atoms with Gasteiger partial charge >= 0.3 is 0 Å². The Morgan fingerprint density at radius 1 is 1.18 bits per heavy atom. The molecule has 3 nitrogen and oxygen atoms in total. The van der Waals surface area contributed by atoms with E-state index in [-0.39, 0.29) is 5.78 Å². The summed E-state index contributed by atoms with van der Waals surface area (Å²) in [5.41, 5.74) is 3.88. The number of likely N-dealkylation sites (tertiary alicyclic amines) is 1. The molecule has 0 radical (unpaired) electrons. The number of hydrogen-bond acceptors (Lipinski definition) is 2. The predicted octanol–water partition coefficient (Wildman–Crippen LogP) is 4.03. The van der Waals surface area contributed by atoms with E-state index in [1.54, 1.807) is 0 Å². The lowest BCUT2D eigenvalue weighted by Crippen LogP contribution is -2.27. The molecular formula is C18H21ClN2O.